The highest BCUT2D eigenvalue weighted by atomic mass is 16.5. The quantitative estimate of drug-likeness (QED) is 0.665. The van der Waals surface area contributed by atoms with Gasteiger partial charge in [-0.1, -0.05) is 13.3 Å². The Morgan fingerprint density at radius 1 is 1.73 bits per heavy atom. The lowest BCUT2D eigenvalue weighted by atomic mass is 9.99. The van der Waals surface area contributed by atoms with E-state index in [1.165, 1.54) is 0 Å². The topological polar surface area (TPSA) is 81.8 Å². The van der Waals surface area contributed by atoms with Crippen molar-refractivity contribution in [3.8, 4) is 0 Å². The molecule has 0 amide bonds. The van der Waals surface area contributed by atoms with Crippen molar-refractivity contribution in [2.45, 2.75) is 31.9 Å². The number of rotatable bonds is 6. The molecule has 0 saturated carbocycles. The monoisotopic (exact) mass is 217 g/mol. The van der Waals surface area contributed by atoms with Gasteiger partial charge >= 0.3 is 5.97 Å². The molecule has 0 spiro atoms. The molecule has 1 aliphatic rings. The predicted molar refractivity (Wildman–Crippen MR) is 54.6 cm³/mol. The van der Waals surface area contributed by atoms with Crippen LogP contribution in [0.3, 0.4) is 0 Å². The van der Waals surface area contributed by atoms with Crippen molar-refractivity contribution in [1.82, 2.24) is 0 Å². The van der Waals surface area contributed by atoms with Crippen LogP contribution in [0.2, 0.25) is 0 Å². The largest absolute Gasteiger partial charge is 0.480 e. The standard InChI is InChI=1S/C10H19NO4/c1-2-7-3-4-15-9(7)6-14-5-8(11)10(12)13/h7-9H,2-6,11H2,1H3,(H,12,13). The summed E-state index contributed by atoms with van der Waals surface area (Å²) in [5.74, 6) is -0.500. The van der Waals surface area contributed by atoms with Crippen molar-refractivity contribution in [3.05, 3.63) is 0 Å². The van der Waals surface area contributed by atoms with Crippen LogP contribution >= 0.6 is 0 Å². The van der Waals surface area contributed by atoms with Gasteiger partial charge in [0.25, 0.3) is 0 Å². The molecule has 3 N–H and O–H groups in total. The molecule has 0 aromatic rings. The van der Waals surface area contributed by atoms with Crippen LogP contribution in [0.1, 0.15) is 19.8 Å². The van der Waals surface area contributed by atoms with Crippen molar-refractivity contribution in [2.75, 3.05) is 19.8 Å². The van der Waals surface area contributed by atoms with E-state index in [0.29, 0.717) is 12.5 Å². The van der Waals surface area contributed by atoms with Crippen molar-refractivity contribution in [3.63, 3.8) is 0 Å². The van der Waals surface area contributed by atoms with Gasteiger partial charge in [0.15, 0.2) is 0 Å². The Labute approximate surface area is 89.5 Å². The van der Waals surface area contributed by atoms with E-state index < -0.39 is 12.0 Å². The average Bonchev–Trinajstić information content (AvgIpc) is 2.65. The van der Waals surface area contributed by atoms with Crippen LogP contribution in [0.25, 0.3) is 0 Å². The third kappa shape index (κ3) is 3.77. The van der Waals surface area contributed by atoms with Gasteiger partial charge in [0, 0.05) is 6.61 Å². The molecule has 5 heteroatoms. The molecule has 3 atom stereocenters. The Morgan fingerprint density at radius 2 is 2.47 bits per heavy atom. The van der Waals surface area contributed by atoms with Gasteiger partial charge in [-0.05, 0) is 12.3 Å². The third-order valence-electron chi connectivity index (χ3n) is 2.77. The van der Waals surface area contributed by atoms with Gasteiger partial charge in [-0.3, -0.25) is 4.79 Å². The zero-order valence-corrected chi connectivity index (χ0v) is 9.02. The van der Waals surface area contributed by atoms with Gasteiger partial charge in [-0.15, -0.1) is 0 Å². The molecular weight excluding hydrogens is 198 g/mol. The molecule has 15 heavy (non-hydrogen) atoms. The fourth-order valence-electron chi connectivity index (χ4n) is 1.73. The van der Waals surface area contributed by atoms with Gasteiger partial charge < -0.3 is 20.3 Å². The highest BCUT2D eigenvalue weighted by Crippen LogP contribution is 2.23. The Kier molecular flexibility index (Phi) is 5.01. The molecule has 3 unspecified atom stereocenters. The van der Waals surface area contributed by atoms with E-state index in [1.54, 1.807) is 0 Å². The predicted octanol–water partition coefficient (Wildman–Crippen LogP) is 0.230. The van der Waals surface area contributed by atoms with Gasteiger partial charge in [-0.2, -0.15) is 0 Å². The SMILES string of the molecule is CCC1CCOC1COCC(N)C(=O)O. The molecule has 1 saturated heterocycles. The second-order valence-electron chi connectivity index (χ2n) is 3.85. The summed E-state index contributed by atoms with van der Waals surface area (Å²) < 4.78 is 10.7. The number of hydrogen-bond donors (Lipinski definition) is 2. The molecule has 0 aliphatic carbocycles. The van der Waals surface area contributed by atoms with Gasteiger partial charge in [0.2, 0.25) is 0 Å². The number of aliphatic carboxylic acids is 1. The maximum atomic E-state index is 10.4. The fraction of sp³-hybridized carbons (Fsp3) is 0.900. The number of carbonyl (C=O) groups is 1. The number of carboxylic acids is 1. The van der Waals surface area contributed by atoms with E-state index in [4.69, 9.17) is 20.3 Å². The molecule has 1 aliphatic heterocycles. The van der Waals surface area contributed by atoms with Crippen molar-refractivity contribution in [1.29, 1.82) is 0 Å². The minimum absolute atomic E-state index is 0.0472. The van der Waals surface area contributed by atoms with Crippen LogP contribution in [-0.4, -0.2) is 43.0 Å². The second-order valence-corrected chi connectivity index (χ2v) is 3.85. The highest BCUT2D eigenvalue weighted by Gasteiger charge is 2.27. The highest BCUT2D eigenvalue weighted by molar-refractivity contribution is 5.73. The maximum Gasteiger partial charge on any atom is 0.322 e. The van der Waals surface area contributed by atoms with Crippen LogP contribution in [0.5, 0.6) is 0 Å². The van der Waals surface area contributed by atoms with E-state index in [1.807, 2.05) is 0 Å². The zero-order valence-electron chi connectivity index (χ0n) is 9.02. The first-order valence-electron chi connectivity index (χ1n) is 5.32. The first kappa shape index (κ1) is 12.4. The smallest absolute Gasteiger partial charge is 0.322 e. The minimum atomic E-state index is -1.03. The lowest BCUT2D eigenvalue weighted by Crippen LogP contribution is -2.36. The molecular formula is C10H19NO4. The second kappa shape index (κ2) is 6.05. The molecule has 1 rings (SSSR count). The number of carboxylic acid groups (broad SMARTS) is 1. The molecule has 88 valence electrons. The van der Waals surface area contributed by atoms with Crippen molar-refractivity contribution >= 4 is 5.97 Å². The fourth-order valence-corrected chi connectivity index (χ4v) is 1.73. The van der Waals surface area contributed by atoms with E-state index >= 15 is 0 Å². The summed E-state index contributed by atoms with van der Waals surface area (Å²) in [5, 5.41) is 8.54. The molecule has 0 aromatic carbocycles. The Balaban J connectivity index is 2.17. The first-order valence-corrected chi connectivity index (χ1v) is 5.32. The van der Waals surface area contributed by atoms with Crippen LogP contribution in [0.4, 0.5) is 0 Å². The van der Waals surface area contributed by atoms with E-state index in [-0.39, 0.29) is 12.7 Å². The first-order chi connectivity index (χ1) is 7.15. The normalized spacial score (nSPS) is 27.9. The molecule has 0 bridgehead atoms. The molecule has 1 heterocycles. The number of nitrogens with two attached hydrogens (primary N) is 1. The number of ether oxygens (including phenoxy) is 2. The number of hydrogen-bond acceptors (Lipinski definition) is 4. The summed E-state index contributed by atoms with van der Waals surface area (Å²) in [7, 11) is 0. The van der Waals surface area contributed by atoms with Crippen LogP contribution in [-0.2, 0) is 14.3 Å². The van der Waals surface area contributed by atoms with Gasteiger partial charge in [-0.25, -0.2) is 0 Å². The average molecular weight is 217 g/mol. The third-order valence-corrected chi connectivity index (χ3v) is 2.77. The Morgan fingerprint density at radius 3 is 3.07 bits per heavy atom. The summed E-state index contributed by atoms with van der Waals surface area (Å²) in [6.45, 7) is 3.39. The lowest BCUT2D eigenvalue weighted by molar-refractivity contribution is -0.140. The maximum absolute atomic E-state index is 10.4. The van der Waals surface area contributed by atoms with E-state index in [2.05, 4.69) is 6.92 Å². The van der Waals surface area contributed by atoms with Crippen LogP contribution in [0, 0.1) is 5.92 Å². The molecule has 1 fully saturated rings. The zero-order chi connectivity index (χ0) is 11.3. The van der Waals surface area contributed by atoms with E-state index in [0.717, 1.165) is 19.4 Å². The minimum Gasteiger partial charge on any atom is -0.480 e. The molecule has 0 aromatic heterocycles. The van der Waals surface area contributed by atoms with Crippen molar-refractivity contribution < 1.29 is 19.4 Å². The van der Waals surface area contributed by atoms with Gasteiger partial charge in [0.05, 0.1) is 19.3 Å². The van der Waals surface area contributed by atoms with E-state index in [9.17, 15) is 4.79 Å². The van der Waals surface area contributed by atoms with Crippen LogP contribution < -0.4 is 5.73 Å². The molecule has 5 nitrogen and oxygen atoms in total. The summed E-state index contributed by atoms with van der Waals surface area (Å²) in [4.78, 5) is 10.4. The molecule has 0 radical (unpaired) electrons. The van der Waals surface area contributed by atoms with Gasteiger partial charge in [0.1, 0.15) is 6.04 Å². The van der Waals surface area contributed by atoms with Crippen LogP contribution in [0.15, 0.2) is 0 Å². The summed E-state index contributed by atoms with van der Waals surface area (Å²) >= 11 is 0. The lowest BCUT2D eigenvalue weighted by Gasteiger charge is -2.17. The summed E-state index contributed by atoms with van der Waals surface area (Å²) in [5.41, 5.74) is 5.30. The van der Waals surface area contributed by atoms with Crippen molar-refractivity contribution in [2.24, 2.45) is 11.7 Å². The summed E-state index contributed by atoms with van der Waals surface area (Å²) in [6.07, 6.45) is 2.24. The summed E-state index contributed by atoms with van der Waals surface area (Å²) in [6, 6.07) is -0.938. The Hall–Kier alpha value is -0.650. The Bertz CT molecular complexity index is 210.